The number of halogens is 1. The second kappa shape index (κ2) is 3.45. The second-order valence-corrected chi connectivity index (χ2v) is 2.72. The van der Waals surface area contributed by atoms with Crippen LogP contribution < -0.4 is 0 Å². The number of aliphatic hydroxyl groups is 1. The Morgan fingerprint density at radius 2 is 2.25 bits per heavy atom. The number of hydrogen-bond acceptors (Lipinski definition) is 1. The van der Waals surface area contributed by atoms with Gasteiger partial charge in [-0.25, -0.2) is 0 Å². The molecule has 0 saturated carbocycles. The lowest BCUT2D eigenvalue weighted by atomic mass is 10.1. The third-order valence-corrected chi connectivity index (χ3v) is 1.50. The van der Waals surface area contributed by atoms with E-state index < -0.39 is 5.60 Å². The first-order valence-corrected chi connectivity index (χ1v) is 3.87. The van der Waals surface area contributed by atoms with Gasteiger partial charge in [0.15, 0.2) is 0 Å². The van der Waals surface area contributed by atoms with Crippen molar-refractivity contribution in [3.05, 3.63) is 10.2 Å². The van der Waals surface area contributed by atoms with Crippen molar-refractivity contribution in [2.24, 2.45) is 0 Å². The molecule has 0 radical (unpaired) electrons. The molecule has 8 heavy (non-hydrogen) atoms. The first-order chi connectivity index (χ1) is 3.62. The van der Waals surface area contributed by atoms with Crippen molar-refractivity contribution in [1.29, 1.82) is 0 Å². The Bertz CT molecular complexity index is 86.5. The summed E-state index contributed by atoms with van der Waals surface area (Å²) in [5.41, 5.74) is -0.596. The summed E-state index contributed by atoms with van der Waals surface area (Å²) in [7, 11) is 0. The minimum Gasteiger partial charge on any atom is -0.386 e. The van der Waals surface area contributed by atoms with Crippen molar-refractivity contribution in [2.45, 2.75) is 25.9 Å². The third-order valence-electron chi connectivity index (χ3n) is 1.14. The predicted molar refractivity (Wildman–Crippen MR) is 44.1 cm³/mol. The second-order valence-electron chi connectivity index (χ2n) is 2.00. The molecule has 2 heteroatoms. The summed E-state index contributed by atoms with van der Waals surface area (Å²) >= 11 is 2.10. The Labute approximate surface area is 63.9 Å². The molecule has 0 fully saturated rings. The molecule has 0 aliphatic rings. The number of rotatable bonds is 2. The monoisotopic (exact) mass is 226 g/mol. The highest BCUT2D eigenvalue weighted by molar-refractivity contribution is 14.1. The van der Waals surface area contributed by atoms with Crippen molar-refractivity contribution in [2.75, 3.05) is 0 Å². The largest absolute Gasteiger partial charge is 0.386 e. The van der Waals surface area contributed by atoms with Crippen molar-refractivity contribution in [3.63, 3.8) is 0 Å². The first-order valence-electron chi connectivity index (χ1n) is 2.62. The summed E-state index contributed by atoms with van der Waals surface area (Å²) < 4.78 is 1.83. The maximum absolute atomic E-state index is 9.23. The van der Waals surface area contributed by atoms with Gasteiger partial charge < -0.3 is 5.11 Å². The summed E-state index contributed by atoms with van der Waals surface area (Å²) in [6, 6.07) is 0. The van der Waals surface area contributed by atoms with Crippen LogP contribution in [0.1, 0.15) is 20.3 Å². The molecule has 1 nitrogen and oxygen atoms in total. The zero-order valence-corrected chi connectivity index (χ0v) is 7.34. The fourth-order valence-electron chi connectivity index (χ4n) is 0.254. The van der Waals surface area contributed by atoms with E-state index in [2.05, 4.69) is 22.6 Å². The van der Waals surface area contributed by atoms with E-state index in [0.29, 0.717) is 0 Å². The molecule has 0 aromatic carbocycles. The maximum Gasteiger partial charge on any atom is 0.0804 e. The average molecular weight is 226 g/mol. The van der Waals surface area contributed by atoms with Gasteiger partial charge in [0.05, 0.1) is 5.60 Å². The van der Waals surface area contributed by atoms with E-state index in [-0.39, 0.29) is 0 Å². The molecule has 0 bridgehead atoms. The fraction of sp³-hybridized carbons (Fsp3) is 0.667. The molecule has 0 saturated heterocycles. The Morgan fingerprint density at radius 3 is 2.38 bits per heavy atom. The molecule has 0 aliphatic carbocycles. The normalized spacial score (nSPS) is 19.0. The van der Waals surface area contributed by atoms with Gasteiger partial charge in [-0.2, -0.15) is 0 Å². The van der Waals surface area contributed by atoms with E-state index in [1.54, 1.807) is 13.0 Å². The smallest absolute Gasteiger partial charge is 0.0804 e. The molecular weight excluding hydrogens is 215 g/mol. The fourth-order valence-corrected chi connectivity index (χ4v) is 1.03. The van der Waals surface area contributed by atoms with E-state index in [4.69, 9.17) is 0 Å². The molecule has 0 heterocycles. The molecule has 0 aromatic rings. The zero-order chi connectivity index (χ0) is 6.62. The van der Waals surface area contributed by atoms with Crippen molar-refractivity contribution < 1.29 is 5.11 Å². The van der Waals surface area contributed by atoms with Gasteiger partial charge in [0, 0.05) is 0 Å². The Morgan fingerprint density at radius 1 is 1.75 bits per heavy atom. The highest BCUT2D eigenvalue weighted by Crippen LogP contribution is 2.10. The van der Waals surface area contributed by atoms with E-state index in [1.165, 1.54) is 0 Å². The highest BCUT2D eigenvalue weighted by atomic mass is 127. The maximum atomic E-state index is 9.23. The molecule has 0 aromatic heterocycles. The lowest BCUT2D eigenvalue weighted by Gasteiger charge is -2.14. The lowest BCUT2D eigenvalue weighted by molar-refractivity contribution is 0.108. The minimum absolute atomic E-state index is 0.596. The van der Waals surface area contributed by atoms with Crippen molar-refractivity contribution >= 4 is 22.6 Å². The minimum atomic E-state index is -0.596. The summed E-state index contributed by atoms with van der Waals surface area (Å²) in [5.74, 6) is 0. The molecule has 0 spiro atoms. The third kappa shape index (κ3) is 3.43. The Hall–Kier alpha value is 0.430. The van der Waals surface area contributed by atoms with Gasteiger partial charge in [0.2, 0.25) is 0 Å². The van der Waals surface area contributed by atoms with Crippen LogP contribution in [0.15, 0.2) is 10.2 Å². The molecule has 1 N–H and O–H groups in total. The number of hydrogen-bond donors (Lipinski definition) is 1. The standard InChI is InChI=1S/C6H11IO/c1-3-6(2,8)4-5-7/h4-5,8H,3H2,1-2H3. The van der Waals surface area contributed by atoms with E-state index in [1.807, 2.05) is 11.0 Å². The first kappa shape index (κ1) is 8.43. The van der Waals surface area contributed by atoms with E-state index in [9.17, 15) is 5.11 Å². The van der Waals surface area contributed by atoms with Gasteiger partial charge in [-0.1, -0.05) is 29.5 Å². The summed E-state index contributed by atoms with van der Waals surface area (Å²) in [5, 5.41) is 9.23. The molecule has 0 aliphatic heterocycles. The van der Waals surface area contributed by atoms with Gasteiger partial charge >= 0.3 is 0 Å². The molecule has 48 valence electrons. The van der Waals surface area contributed by atoms with Crippen LogP contribution in [-0.4, -0.2) is 10.7 Å². The zero-order valence-electron chi connectivity index (χ0n) is 5.19. The van der Waals surface area contributed by atoms with E-state index in [0.717, 1.165) is 6.42 Å². The van der Waals surface area contributed by atoms with Crippen molar-refractivity contribution in [3.8, 4) is 0 Å². The van der Waals surface area contributed by atoms with Crippen LogP contribution in [0.25, 0.3) is 0 Å². The Balaban J connectivity index is 3.71. The molecular formula is C6H11IO. The lowest BCUT2D eigenvalue weighted by Crippen LogP contribution is -2.17. The highest BCUT2D eigenvalue weighted by Gasteiger charge is 2.10. The van der Waals surface area contributed by atoms with Gasteiger partial charge in [0.25, 0.3) is 0 Å². The van der Waals surface area contributed by atoms with Crippen LogP contribution in [-0.2, 0) is 0 Å². The molecule has 0 rings (SSSR count). The average Bonchev–Trinajstić information content (AvgIpc) is 1.67. The topological polar surface area (TPSA) is 20.2 Å². The van der Waals surface area contributed by atoms with Crippen LogP contribution in [0.5, 0.6) is 0 Å². The summed E-state index contributed by atoms with van der Waals surface area (Å²) in [4.78, 5) is 0. The summed E-state index contributed by atoms with van der Waals surface area (Å²) in [6.45, 7) is 3.75. The van der Waals surface area contributed by atoms with Gasteiger partial charge in [-0.15, -0.1) is 0 Å². The summed E-state index contributed by atoms with van der Waals surface area (Å²) in [6.07, 6.45) is 2.56. The van der Waals surface area contributed by atoms with E-state index >= 15 is 0 Å². The quantitative estimate of drug-likeness (QED) is 0.715. The molecule has 0 amide bonds. The van der Waals surface area contributed by atoms with Crippen molar-refractivity contribution in [1.82, 2.24) is 0 Å². The van der Waals surface area contributed by atoms with Gasteiger partial charge in [-0.3, -0.25) is 0 Å². The van der Waals surface area contributed by atoms with Crippen LogP contribution >= 0.6 is 22.6 Å². The van der Waals surface area contributed by atoms with Crippen LogP contribution in [0.4, 0.5) is 0 Å². The molecule has 1 atom stereocenters. The molecule has 1 unspecified atom stereocenters. The van der Waals surface area contributed by atoms with Crippen LogP contribution in [0.2, 0.25) is 0 Å². The van der Waals surface area contributed by atoms with Gasteiger partial charge in [0.1, 0.15) is 0 Å². The van der Waals surface area contributed by atoms with Gasteiger partial charge in [-0.05, 0) is 23.5 Å². The van der Waals surface area contributed by atoms with Crippen LogP contribution in [0.3, 0.4) is 0 Å². The SMILES string of the molecule is CCC(C)(O)C=CI. The van der Waals surface area contributed by atoms with Crippen LogP contribution in [0, 0.1) is 0 Å². The Kier molecular flexibility index (Phi) is 3.64. The predicted octanol–water partition coefficient (Wildman–Crippen LogP) is 2.10.